The Bertz CT molecular complexity index is 595. The number of carbonyl (C=O) groups is 3. The van der Waals surface area contributed by atoms with Crippen molar-refractivity contribution < 1.29 is 19.5 Å². The summed E-state index contributed by atoms with van der Waals surface area (Å²) in [6.07, 6.45) is 5.73. The number of hydrogen-bond donors (Lipinski definition) is 3. The summed E-state index contributed by atoms with van der Waals surface area (Å²) < 4.78 is 0. The summed E-state index contributed by atoms with van der Waals surface area (Å²) in [6.45, 7) is 0. The van der Waals surface area contributed by atoms with Crippen LogP contribution in [-0.2, 0) is 22.4 Å². The summed E-state index contributed by atoms with van der Waals surface area (Å²) >= 11 is 1.40. The number of carboxylic acids is 1. The van der Waals surface area contributed by atoms with Gasteiger partial charge in [-0.3, -0.25) is 14.4 Å². The Balaban J connectivity index is 2.22. The van der Waals surface area contributed by atoms with Crippen LogP contribution in [0.1, 0.15) is 59.3 Å². The Kier molecular flexibility index (Phi) is 5.54. The molecule has 1 aliphatic carbocycles. The van der Waals surface area contributed by atoms with Gasteiger partial charge < -0.3 is 16.2 Å². The van der Waals surface area contributed by atoms with Crippen molar-refractivity contribution >= 4 is 34.1 Å². The SMILES string of the molecule is NC(=O)c1c(NC(=O)CCC(=O)O)sc2c1CCCCCC2. The van der Waals surface area contributed by atoms with Gasteiger partial charge in [0.2, 0.25) is 5.91 Å². The van der Waals surface area contributed by atoms with Crippen LogP contribution in [0.2, 0.25) is 0 Å². The number of anilines is 1. The number of aryl methyl sites for hydroxylation is 1. The number of nitrogens with one attached hydrogen (secondary N) is 1. The summed E-state index contributed by atoms with van der Waals surface area (Å²) in [5.74, 6) is -1.96. The molecule has 1 aromatic rings. The van der Waals surface area contributed by atoms with Gasteiger partial charge in [-0.05, 0) is 31.2 Å². The number of fused-ring (bicyclic) bond motifs is 1. The molecule has 2 amide bonds. The first-order valence-corrected chi connectivity index (χ1v) is 8.26. The maximum absolute atomic E-state index is 11.8. The molecule has 0 fully saturated rings. The molecule has 0 unspecified atom stereocenters. The van der Waals surface area contributed by atoms with Gasteiger partial charge in [0, 0.05) is 11.3 Å². The van der Waals surface area contributed by atoms with E-state index in [1.165, 1.54) is 17.8 Å². The number of carbonyl (C=O) groups excluding carboxylic acids is 2. The first-order chi connectivity index (χ1) is 10.5. The summed E-state index contributed by atoms with van der Waals surface area (Å²) in [5, 5.41) is 11.7. The Morgan fingerprint density at radius 3 is 2.41 bits per heavy atom. The van der Waals surface area contributed by atoms with Crippen LogP contribution in [0.15, 0.2) is 0 Å². The van der Waals surface area contributed by atoms with Gasteiger partial charge in [0.15, 0.2) is 0 Å². The summed E-state index contributed by atoms with van der Waals surface area (Å²) in [7, 11) is 0. The van der Waals surface area contributed by atoms with E-state index in [0.717, 1.165) is 42.5 Å². The number of amides is 2. The van der Waals surface area contributed by atoms with Crippen molar-refractivity contribution in [1.82, 2.24) is 0 Å². The molecule has 0 radical (unpaired) electrons. The fraction of sp³-hybridized carbons (Fsp3) is 0.533. The highest BCUT2D eigenvalue weighted by Gasteiger charge is 2.23. The van der Waals surface area contributed by atoms with Gasteiger partial charge >= 0.3 is 5.97 Å². The lowest BCUT2D eigenvalue weighted by molar-refractivity contribution is -0.138. The number of carboxylic acid groups (broad SMARTS) is 1. The first-order valence-electron chi connectivity index (χ1n) is 7.45. The molecule has 0 atom stereocenters. The van der Waals surface area contributed by atoms with Crippen LogP contribution in [0.3, 0.4) is 0 Å². The number of hydrogen-bond acceptors (Lipinski definition) is 4. The highest BCUT2D eigenvalue weighted by Crippen LogP contribution is 2.36. The van der Waals surface area contributed by atoms with Gasteiger partial charge in [0.25, 0.3) is 5.91 Å². The second-order valence-electron chi connectivity index (χ2n) is 5.43. The molecule has 0 aliphatic heterocycles. The lowest BCUT2D eigenvalue weighted by Gasteiger charge is -2.10. The van der Waals surface area contributed by atoms with Crippen molar-refractivity contribution in [2.45, 2.75) is 51.4 Å². The van der Waals surface area contributed by atoms with Crippen LogP contribution in [0.4, 0.5) is 5.00 Å². The molecule has 120 valence electrons. The lowest BCUT2D eigenvalue weighted by atomic mass is 9.96. The molecule has 1 aliphatic rings. The van der Waals surface area contributed by atoms with Crippen LogP contribution in [0.25, 0.3) is 0 Å². The molecule has 2 rings (SSSR count). The van der Waals surface area contributed by atoms with E-state index in [1.54, 1.807) is 0 Å². The molecular formula is C15H20N2O4S. The molecule has 6 nitrogen and oxygen atoms in total. The third-order valence-electron chi connectivity index (χ3n) is 3.74. The molecule has 7 heteroatoms. The molecule has 0 aromatic carbocycles. The third-order valence-corrected chi connectivity index (χ3v) is 4.94. The molecule has 0 bridgehead atoms. The predicted octanol–water partition coefficient (Wildman–Crippen LogP) is 2.31. The minimum atomic E-state index is -1.02. The van der Waals surface area contributed by atoms with E-state index in [4.69, 9.17) is 10.8 Å². The molecule has 1 aromatic heterocycles. The van der Waals surface area contributed by atoms with E-state index in [1.807, 2.05) is 0 Å². The molecule has 4 N–H and O–H groups in total. The minimum Gasteiger partial charge on any atom is -0.481 e. The molecule has 0 saturated heterocycles. The van der Waals surface area contributed by atoms with Gasteiger partial charge in [-0.2, -0.15) is 0 Å². The zero-order valence-corrected chi connectivity index (χ0v) is 13.1. The largest absolute Gasteiger partial charge is 0.481 e. The van der Waals surface area contributed by atoms with Crippen LogP contribution in [0, 0.1) is 0 Å². The maximum atomic E-state index is 11.8. The van der Waals surface area contributed by atoms with Crippen LogP contribution >= 0.6 is 11.3 Å². The Labute approximate surface area is 132 Å². The van der Waals surface area contributed by atoms with Crippen molar-refractivity contribution in [1.29, 1.82) is 0 Å². The van der Waals surface area contributed by atoms with E-state index in [0.29, 0.717) is 10.6 Å². The molecule has 22 heavy (non-hydrogen) atoms. The van der Waals surface area contributed by atoms with Gasteiger partial charge in [-0.1, -0.05) is 12.8 Å². The van der Waals surface area contributed by atoms with E-state index in [9.17, 15) is 14.4 Å². The third kappa shape index (κ3) is 4.07. The normalized spacial score (nSPS) is 14.5. The van der Waals surface area contributed by atoms with Crippen LogP contribution < -0.4 is 11.1 Å². The average Bonchev–Trinajstić information content (AvgIpc) is 2.73. The van der Waals surface area contributed by atoms with Crippen molar-refractivity contribution in [2.24, 2.45) is 5.73 Å². The zero-order chi connectivity index (χ0) is 16.1. The van der Waals surface area contributed by atoms with Gasteiger partial charge in [-0.25, -0.2) is 0 Å². The predicted molar refractivity (Wildman–Crippen MR) is 84.2 cm³/mol. The lowest BCUT2D eigenvalue weighted by Crippen LogP contribution is -2.18. The van der Waals surface area contributed by atoms with Gasteiger partial charge in [0.05, 0.1) is 12.0 Å². The van der Waals surface area contributed by atoms with E-state index in [2.05, 4.69) is 5.32 Å². The van der Waals surface area contributed by atoms with Crippen LogP contribution in [-0.4, -0.2) is 22.9 Å². The molecule has 0 spiro atoms. The van der Waals surface area contributed by atoms with Crippen molar-refractivity contribution in [3.63, 3.8) is 0 Å². The number of thiophene rings is 1. The monoisotopic (exact) mass is 324 g/mol. The summed E-state index contributed by atoms with van der Waals surface area (Å²) in [4.78, 5) is 35.2. The summed E-state index contributed by atoms with van der Waals surface area (Å²) in [5.41, 5.74) is 6.86. The van der Waals surface area contributed by atoms with E-state index >= 15 is 0 Å². The highest BCUT2D eigenvalue weighted by atomic mass is 32.1. The van der Waals surface area contributed by atoms with Crippen molar-refractivity contribution in [2.75, 3.05) is 5.32 Å². The van der Waals surface area contributed by atoms with E-state index < -0.39 is 17.8 Å². The second-order valence-corrected chi connectivity index (χ2v) is 6.53. The fourth-order valence-electron chi connectivity index (χ4n) is 2.68. The molecular weight excluding hydrogens is 304 g/mol. The van der Waals surface area contributed by atoms with E-state index in [-0.39, 0.29) is 12.8 Å². The first kappa shape index (κ1) is 16.5. The van der Waals surface area contributed by atoms with Crippen molar-refractivity contribution in [3.05, 3.63) is 16.0 Å². The van der Waals surface area contributed by atoms with Gasteiger partial charge in [-0.15, -0.1) is 11.3 Å². The Morgan fingerprint density at radius 2 is 1.77 bits per heavy atom. The number of rotatable bonds is 5. The standard InChI is InChI=1S/C15H20N2O4S/c16-14(21)13-9-5-3-1-2-4-6-10(9)22-15(13)17-11(18)7-8-12(19)20/h1-8H2,(H2,16,21)(H,17,18)(H,19,20). The minimum absolute atomic E-state index is 0.115. The van der Waals surface area contributed by atoms with Gasteiger partial charge in [0.1, 0.15) is 5.00 Å². The zero-order valence-electron chi connectivity index (χ0n) is 12.3. The van der Waals surface area contributed by atoms with Crippen LogP contribution in [0.5, 0.6) is 0 Å². The number of primary amides is 1. The Morgan fingerprint density at radius 1 is 1.09 bits per heavy atom. The topological polar surface area (TPSA) is 109 Å². The Hall–Kier alpha value is -1.89. The summed E-state index contributed by atoms with van der Waals surface area (Å²) in [6, 6.07) is 0. The average molecular weight is 324 g/mol. The quantitative estimate of drug-likeness (QED) is 0.772. The molecule has 1 heterocycles. The second kappa shape index (κ2) is 7.40. The highest BCUT2D eigenvalue weighted by molar-refractivity contribution is 7.17. The maximum Gasteiger partial charge on any atom is 0.303 e. The fourth-order valence-corrected chi connectivity index (χ4v) is 3.99. The van der Waals surface area contributed by atoms with Crippen molar-refractivity contribution in [3.8, 4) is 0 Å². The molecule has 0 saturated carbocycles. The smallest absolute Gasteiger partial charge is 0.303 e. The number of aliphatic carboxylic acids is 1. The number of nitrogens with two attached hydrogens (primary N) is 1.